The van der Waals surface area contributed by atoms with Crippen LogP contribution in [-0.4, -0.2) is 41.1 Å². The first-order valence-corrected chi connectivity index (χ1v) is 10.1. The van der Waals surface area contributed by atoms with E-state index in [2.05, 4.69) is 44.4 Å². The van der Waals surface area contributed by atoms with Crippen molar-refractivity contribution < 1.29 is 0 Å². The maximum Gasteiger partial charge on any atom is 0.0430 e. The van der Waals surface area contributed by atoms with Crippen LogP contribution in [0, 0.1) is 11.3 Å². The van der Waals surface area contributed by atoms with Gasteiger partial charge in [-0.25, -0.2) is 0 Å². The molecule has 1 saturated carbocycles. The van der Waals surface area contributed by atoms with E-state index in [1.165, 1.54) is 56.6 Å². The lowest BCUT2D eigenvalue weighted by Gasteiger charge is -2.53. The summed E-state index contributed by atoms with van der Waals surface area (Å²) in [7, 11) is 0. The third kappa shape index (κ3) is 4.39. The highest BCUT2D eigenvalue weighted by Crippen LogP contribution is 2.44. The topological polar surface area (TPSA) is 29.3 Å². The van der Waals surface area contributed by atoms with Crippen molar-refractivity contribution in [3.05, 3.63) is 0 Å². The third-order valence-corrected chi connectivity index (χ3v) is 7.10. The van der Waals surface area contributed by atoms with Crippen LogP contribution in [0.25, 0.3) is 0 Å². The van der Waals surface area contributed by atoms with Gasteiger partial charge in [0, 0.05) is 23.9 Å². The fourth-order valence-corrected chi connectivity index (χ4v) is 5.89. The molecule has 2 nitrogen and oxygen atoms in total. The number of nitrogens with zero attached hydrogens (tertiary/aromatic N) is 1. The van der Waals surface area contributed by atoms with Crippen LogP contribution in [0.2, 0.25) is 0 Å². The van der Waals surface area contributed by atoms with E-state index in [0.717, 1.165) is 18.5 Å². The summed E-state index contributed by atoms with van der Waals surface area (Å²) in [5.74, 6) is 3.31. The molecule has 1 aliphatic carbocycles. The molecule has 0 radical (unpaired) electrons. The van der Waals surface area contributed by atoms with Crippen molar-refractivity contribution in [3.8, 4) is 0 Å². The molecular formula is C18H36N2S. The van der Waals surface area contributed by atoms with E-state index < -0.39 is 0 Å². The van der Waals surface area contributed by atoms with Gasteiger partial charge in [0.2, 0.25) is 0 Å². The SMILES string of the molecule is CC(C)CCN(C1CCCC1)C1(CN)CSCC(C)(C)C1. The standard InChI is InChI=1S/C18H36N2S/c1-15(2)9-10-20(16-7-5-6-8-16)18(12-19)11-17(3,4)13-21-14-18/h15-16H,5-14,19H2,1-4H3. The van der Waals surface area contributed by atoms with Gasteiger partial charge in [-0.05, 0) is 49.3 Å². The zero-order valence-corrected chi connectivity index (χ0v) is 15.5. The fraction of sp³-hybridized carbons (Fsp3) is 1.00. The second-order valence-electron chi connectivity index (χ2n) is 8.58. The van der Waals surface area contributed by atoms with Crippen LogP contribution < -0.4 is 5.73 Å². The average Bonchev–Trinajstić information content (AvgIpc) is 2.91. The third-order valence-electron chi connectivity index (χ3n) is 5.37. The Kier molecular flexibility index (Phi) is 6.07. The molecule has 0 aromatic heterocycles. The molecule has 1 atom stereocenters. The van der Waals surface area contributed by atoms with E-state index in [4.69, 9.17) is 5.73 Å². The van der Waals surface area contributed by atoms with Crippen LogP contribution in [0.15, 0.2) is 0 Å². The number of nitrogens with two attached hydrogens (primary N) is 1. The molecule has 0 aromatic carbocycles. The summed E-state index contributed by atoms with van der Waals surface area (Å²) in [6, 6.07) is 0.793. The highest BCUT2D eigenvalue weighted by molar-refractivity contribution is 7.99. The zero-order valence-electron chi connectivity index (χ0n) is 14.7. The van der Waals surface area contributed by atoms with Crippen LogP contribution in [0.3, 0.4) is 0 Å². The van der Waals surface area contributed by atoms with Crippen molar-refractivity contribution in [2.24, 2.45) is 17.1 Å². The molecular weight excluding hydrogens is 276 g/mol. The normalized spacial score (nSPS) is 30.4. The van der Waals surface area contributed by atoms with Crippen LogP contribution in [-0.2, 0) is 0 Å². The molecule has 0 aromatic rings. The lowest BCUT2D eigenvalue weighted by Crippen LogP contribution is -2.62. The van der Waals surface area contributed by atoms with Crippen molar-refractivity contribution in [1.82, 2.24) is 4.90 Å². The van der Waals surface area contributed by atoms with Crippen LogP contribution in [0.1, 0.15) is 66.2 Å². The molecule has 1 unspecified atom stereocenters. The average molecular weight is 313 g/mol. The Bertz CT molecular complexity index is 323. The van der Waals surface area contributed by atoms with E-state index in [0.29, 0.717) is 5.41 Å². The number of hydrogen-bond acceptors (Lipinski definition) is 3. The van der Waals surface area contributed by atoms with E-state index in [1.807, 2.05) is 0 Å². The van der Waals surface area contributed by atoms with Gasteiger partial charge >= 0.3 is 0 Å². The fourth-order valence-electron chi connectivity index (χ4n) is 4.36. The molecule has 2 fully saturated rings. The molecule has 21 heavy (non-hydrogen) atoms. The van der Waals surface area contributed by atoms with Gasteiger partial charge < -0.3 is 5.73 Å². The largest absolute Gasteiger partial charge is 0.329 e. The van der Waals surface area contributed by atoms with Gasteiger partial charge in [-0.1, -0.05) is 40.5 Å². The molecule has 2 aliphatic rings. The van der Waals surface area contributed by atoms with Crippen molar-refractivity contribution >= 4 is 11.8 Å². The summed E-state index contributed by atoms with van der Waals surface area (Å²) in [6.07, 6.45) is 8.21. The molecule has 124 valence electrons. The van der Waals surface area contributed by atoms with Gasteiger partial charge in [0.1, 0.15) is 0 Å². The summed E-state index contributed by atoms with van der Waals surface area (Å²) >= 11 is 2.13. The zero-order chi connectivity index (χ0) is 15.5. The summed E-state index contributed by atoms with van der Waals surface area (Å²) in [4.78, 5) is 2.87. The highest BCUT2D eigenvalue weighted by Gasteiger charge is 2.46. The minimum Gasteiger partial charge on any atom is -0.329 e. The molecule has 3 heteroatoms. The molecule has 1 aliphatic heterocycles. The Morgan fingerprint density at radius 2 is 1.86 bits per heavy atom. The molecule has 0 amide bonds. The predicted molar refractivity (Wildman–Crippen MR) is 95.9 cm³/mol. The van der Waals surface area contributed by atoms with Crippen LogP contribution >= 0.6 is 11.8 Å². The molecule has 0 spiro atoms. The number of hydrogen-bond donors (Lipinski definition) is 1. The molecule has 1 heterocycles. The summed E-state index contributed by atoms with van der Waals surface area (Å²) in [5, 5.41) is 0. The smallest absolute Gasteiger partial charge is 0.0430 e. The van der Waals surface area contributed by atoms with Gasteiger partial charge in [-0.3, -0.25) is 4.90 Å². The molecule has 1 saturated heterocycles. The Hall–Kier alpha value is 0.270. The second kappa shape index (κ2) is 7.23. The Morgan fingerprint density at radius 3 is 2.38 bits per heavy atom. The minimum absolute atomic E-state index is 0.246. The van der Waals surface area contributed by atoms with Crippen LogP contribution in [0.5, 0.6) is 0 Å². The monoisotopic (exact) mass is 312 g/mol. The predicted octanol–water partition coefficient (Wildman–Crippen LogP) is 4.14. The van der Waals surface area contributed by atoms with Gasteiger partial charge in [-0.2, -0.15) is 11.8 Å². The van der Waals surface area contributed by atoms with Crippen molar-refractivity contribution in [3.63, 3.8) is 0 Å². The van der Waals surface area contributed by atoms with E-state index in [-0.39, 0.29) is 5.54 Å². The van der Waals surface area contributed by atoms with E-state index >= 15 is 0 Å². The molecule has 2 rings (SSSR count). The summed E-state index contributed by atoms with van der Waals surface area (Å²) in [5.41, 5.74) is 7.05. The maximum atomic E-state index is 6.38. The highest BCUT2D eigenvalue weighted by atomic mass is 32.2. The molecule has 0 bridgehead atoms. The summed E-state index contributed by atoms with van der Waals surface area (Å²) < 4.78 is 0. The quantitative estimate of drug-likeness (QED) is 0.799. The van der Waals surface area contributed by atoms with Crippen LogP contribution in [0.4, 0.5) is 0 Å². The van der Waals surface area contributed by atoms with E-state index in [9.17, 15) is 0 Å². The van der Waals surface area contributed by atoms with Gasteiger partial charge in [-0.15, -0.1) is 0 Å². The van der Waals surface area contributed by atoms with Gasteiger partial charge in [0.25, 0.3) is 0 Å². The van der Waals surface area contributed by atoms with Crippen molar-refractivity contribution in [1.29, 1.82) is 0 Å². The van der Waals surface area contributed by atoms with Crippen molar-refractivity contribution in [2.45, 2.75) is 77.8 Å². The Labute approximate surface area is 136 Å². The first-order chi connectivity index (χ1) is 9.88. The second-order valence-corrected chi connectivity index (χ2v) is 9.56. The Morgan fingerprint density at radius 1 is 1.19 bits per heavy atom. The maximum absolute atomic E-state index is 6.38. The van der Waals surface area contributed by atoms with Gasteiger partial charge in [0.05, 0.1) is 0 Å². The lowest BCUT2D eigenvalue weighted by atomic mass is 9.78. The number of thioether (sulfide) groups is 1. The van der Waals surface area contributed by atoms with Gasteiger partial charge in [0.15, 0.2) is 0 Å². The van der Waals surface area contributed by atoms with Crippen molar-refractivity contribution in [2.75, 3.05) is 24.6 Å². The minimum atomic E-state index is 0.246. The van der Waals surface area contributed by atoms with E-state index in [1.54, 1.807) is 0 Å². The molecule has 2 N–H and O–H groups in total. The number of rotatable bonds is 6. The first kappa shape index (κ1) is 17.6. The first-order valence-electron chi connectivity index (χ1n) is 8.93. The Balaban J connectivity index is 2.18. The summed E-state index contributed by atoms with van der Waals surface area (Å²) in [6.45, 7) is 11.6. The lowest BCUT2D eigenvalue weighted by molar-refractivity contribution is 0.0278.